The Balaban J connectivity index is 0.768. The molecular formula is C86H49N5S3. The third kappa shape index (κ3) is 7.73. The van der Waals surface area contributed by atoms with Crippen LogP contribution in [0, 0.1) is 0 Å². The van der Waals surface area contributed by atoms with Crippen molar-refractivity contribution in [1.82, 2.24) is 23.7 Å². The highest BCUT2D eigenvalue weighted by atomic mass is 32.1. The third-order valence-electron chi connectivity index (χ3n) is 19.7. The number of rotatable bonds is 7. The minimum Gasteiger partial charge on any atom is -0.309 e. The van der Waals surface area contributed by atoms with Gasteiger partial charge in [-0.2, -0.15) is 4.98 Å². The highest BCUT2D eigenvalue weighted by molar-refractivity contribution is 7.26. The first-order valence-electron chi connectivity index (χ1n) is 31.8. The number of nitrogens with zero attached hydrogens (tertiary/aromatic N) is 5. The van der Waals surface area contributed by atoms with Crippen molar-refractivity contribution in [2.45, 2.75) is 0 Å². The van der Waals surface area contributed by atoms with Crippen LogP contribution >= 0.6 is 34.0 Å². The Morgan fingerprint density at radius 2 is 0.543 bits per heavy atom. The number of thiophene rings is 3. The van der Waals surface area contributed by atoms with Gasteiger partial charge >= 0.3 is 0 Å². The number of fused-ring (bicyclic) bond motifs is 19. The summed E-state index contributed by atoms with van der Waals surface area (Å²) in [6, 6.07) is 110. The maximum atomic E-state index is 5.80. The second-order valence-electron chi connectivity index (χ2n) is 24.8. The number of aromatic nitrogens is 5. The Labute approximate surface area is 549 Å². The zero-order chi connectivity index (χ0) is 61.3. The molecule has 0 N–H and O–H groups in total. The summed E-state index contributed by atoms with van der Waals surface area (Å²) in [6.45, 7) is 0. The third-order valence-corrected chi connectivity index (χ3v) is 23.2. The SMILES string of the molecule is c1ccc2c(c1)sc1ccc(-c3ccc4c(c3)c3ccccc3n4-c3cc(-c4ccc(-n5c6ccccc6c6cc(-c7ccc8sc9ccccc9c8c7)ccc65)c5ccccc45)nc(-n4c5ccccc5c5cc(-c6ccc7sc8ccccc8c7c6)ccc54)n3)cc12. The lowest BCUT2D eigenvalue weighted by atomic mass is 9.99. The van der Waals surface area contributed by atoms with Gasteiger partial charge in [-0.1, -0.05) is 176 Å². The van der Waals surface area contributed by atoms with Gasteiger partial charge in [-0.15, -0.1) is 34.0 Å². The molecule has 0 saturated carbocycles. The predicted octanol–water partition coefficient (Wildman–Crippen LogP) is 24.7. The molecule has 0 atom stereocenters. The summed E-state index contributed by atoms with van der Waals surface area (Å²) < 4.78 is 14.9. The van der Waals surface area contributed by atoms with E-state index in [0.717, 1.165) is 93.7 Å². The lowest BCUT2D eigenvalue weighted by Gasteiger charge is -2.17. The molecule has 0 spiro atoms. The predicted molar refractivity (Wildman–Crippen MR) is 403 cm³/mol. The standard InChI is InChI=1S/C86H49N5S3/c1-2-16-58-56(15-1)57(35-39-75(58)89-72-23-9-3-17-59(72)65-43-50(29-36-76(65)89)53-32-40-82-68(46-53)62-20-6-12-26-79(62)92-82)71-49-85(90-73-24-10-4-18-60(73)66-44-51(30-37-77(66)90)54-33-41-83-69(47-54)63-21-7-13-27-80(63)93-83)88-86(87-71)91-74-25-11-5-19-61(74)67-45-52(31-38-78(67)91)55-34-42-84-70(48-55)64-22-8-14-28-81(64)94-84/h1-49H. The summed E-state index contributed by atoms with van der Waals surface area (Å²) in [4.78, 5) is 11.6. The minimum absolute atomic E-state index is 0.592. The van der Waals surface area contributed by atoms with E-state index >= 15 is 0 Å². The van der Waals surface area contributed by atoms with Crippen LogP contribution in [0.15, 0.2) is 297 Å². The molecule has 7 aromatic heterocycles. The normalized spacial score (nSPS) is 12.3. The molecule has 94 heavy (non-hydrogen) atoms. The van der Waals surface area contributed by atoms with Gasteiger partial charge in [0.1, 0.15) is 5.82 Å². The molecule has 0 saturated heterocycles. The van der Waals surface area contributed by atoms with Crippen molar-refractivity contribution in [2.75, 3.05) is 0 Å². The van der Waals surface area contributed by atoms with Gasteiger partial charge in [0.25, 0.3) is 0 Å². The lowest BCUT2D eigenvalue weighted by Crippen LogP contribution is -2.07. The maximum absolute atomic E-state index is 5.80. The van der Waals surface area contributed by atoms with Crippen molar-refractivity contribution in [3.63, 3.8) is 0 Å². The van der Waals surface area contributed by atoms with Crippen LogP contribution in [0.4, 0.5) is 0 Å². The van der Waals surface area contributed by atoms with Gasteiger partial charge in [0.05, 0.1) is 44.5 Å². The van der Waals surface area contributed by atoms with Gasteiger partial charge in [0.15, 0.2) is 0 Å². The molecule has 0 aliphatic carbocycles. The van der Waals surface area contributed by atoms with Crippen molar-refractivity contribution in [2.24, 2.45) is 0 Å². The molecule has 8 heteroatoms. The molecule has 21 rings (SSSR count). The first kappa shape index (κ1) is 52.1. The average Bonchev–Trinajstić information content (AvgIpc) is 1.57. The fourth-order valence-corrected chi connectivity index (χ4v) is 18.6. The van der Waals surface area contributed by atoms with Crippen molar-refractivity contribution in [3.8, 4) is 62.1 Å². The van der Waals surface area contributed by atoms with Crippen LogP contribution in [0.3, 0.4) is 0 Å². The van der Waals surface area contributed by atoms with E-state index in [-0.39, 0.29) is 0 Å². The first-order valence-corrected chi connectivity index (χ1v) is 34.3. The van der Waals surface area contributed by atoms with Crippen LogP contribution in [-0.4, -0.2) is 23.7 Å². The monoisotopic (exact) mass is 1250 g/mol. The van der Waals surface area contributed by atoms with E-state index in [1.165, 1.54) is 99.1 Å². The molecule has 0 aliphatic heterocycles. The molecule has 5 nitrogen and oxygen atoms in total. The minimum atomic E-state index is 0.592. The summed E-state index contributed by atoms with van der Waals surface area (Å²) in [7, 11) is 0. The van der Waals surface area contributed by atoms with Crippen molar-refractivity contribution >= 4 is 171 Å². The quantitative estimate of drug-likeness (QED) is 0.160. The fraction of sp³-hybridized carbons (Fsp3) is 0. The van der Waals surface area contributed by atoms with Crippen LogP contribution in [-0.2, 0) is 0 Å². The van der Waals surface area contributed by atoms with E-state index in [4.69, 9.17) is 9.97 Å². The molecule has 0 radical (unpaired) electrons. The van der Waals surface area contributed by atoms with Gasteiger partial charge in [-0.3, -0.25) is 9.13 Å². The van der Waals surface area contributed by atoms with Gasteiger partial charge in [-0.25, -0.2) is 4.98 Å². The smallest absolute Gasteiger partial charge is 0.237 e. The van der Waals surface area contributed by atoms with E-state index in [0.29, 0.717) is 5.95 Å². The van der Waals surface area contributed by atoms with Gasteiger partial charge < -0.3 is 4.57 Å². The van der Waals surface area contributed by atoms with Gasteiger partial charge in [0, 0.05) is 110 Å². The Hall–Kier alpha value is -11.5. The molecule has 0 bridgehead atoms. The Morgan fingerprint density at radius 3 is 1.01 bits per heavy atom. The molecule has 21 aromatic rings. The van der Waals surface area contributed by atoms with E-state index in [9.17, 15) is 0 Å². The van der Waals surface area contributed by atoms with Crippen molar-refractivity contribution in [3.05, 3.63) is 297 Å². The number of para-hydroxylation sites is 3. The van der Waals surface area contributed by atoms with Crippen LogP contribution in [0.1, 0.15) is 0 Å². The maximum Gasteiger partial charge on any atom is 0.237 e. The first-order chi connectivity index (χ1) is 46.6. The topological polar surface area (TPSA) is 40.6 Å². The zero-order valence-electron chi connectivity index (χ0n) is 50.3. The van der Waals surface area contributed by atoms with Crippen LogP contribution in [0.25, 0.3) is 199 Å². The highest BCUT2D eigenvalue weighted by Gasteiger charge is 2.24. The molecule has 0 fully saturated rings. The fourth-order valence-electron chi connectivity index (χ4n) is 15.4. The van der Waals surface area contributed by atoms with Gasteiger partial charge in [-0.05, 0) is 154 Å². The average molecular weight is 1250 g/mol. The molecule has 436 valence electrons. The second kappa shape index (κ2) is 20.0. The van der Waals surface area contributed by atoms with Crippen LogP contribution in [0.2, 0.25) is 0 Å². The molecule has 0 aliphatic rings. The van der Waals surface area contributed by atoms with E-state index in [1.807, 2.05) is 34.0 Å². The Bertz CT molecular complexity index is 6580. The number of hydrogen-bond donors (Lipinski definition) is 0. The van der Waals surface area contributed by atoms with Gasteiger partial charge in [0.2, 0.25) is 5.95 Å². The second-order valence-corrected chi connectivity index (χ2v) is 28.0. The van der Waals surface area contributed by atoms with E-state index < -0.39 is 0 Å². The summed E-state index contributed by atoms with van der Waals surface area (Å²) in [5.74, 6) is 1.37. The molecular weight excluding hydrogens is 1200 g/mol. The highest BCUT2D eigenvalue weighted by Crippen LogP contribution is 2.45. The van der Waals surface area contributed by atoms with Crippen LogP contribution in [0.5, 0.6) is 0 Å². The molecule has 0 amide bonds. The summed E-state index contributed by atoms with van der Waals surface area (Å²) >= 11 is 5.57. The Morgan fingerprint density at radius 1 is 0.213 bits per heavy atom. The summed E-state index contributed by atoms with van der Waals surface area (Å²) in [5, 5.41) is 17.0. The number of benzene rings is 14. The largest absolute Gasteiger partial charge is 0.309 e. The molecule has 0 unspecified atom stereocenters. The zero-order valence-corrected chi connectivity index (χ0v) is 52.7. The molecule has 14 aromatic carbocycles. The van der Waals surface area contributed by atoms with Crippen molar-refractivity contribution < 1.29 is 0 Å². The lowest BCUT2D eigenvalue weighted by molar-refractivity contribution is 0.952. The van der Waals surface area contributed by atoms with E-state index in [1.54, 1.807) is 0 Å². The number of hydrogen-bond acceptors (Lipinski definition) is 5. The summed E-state index contributed by atoms with van der Waals surface area (Å²) in [5.41, 5.74) is 16.6. The van der Waals surface area contributed by atoms with Crippen molar-refractivity contribution in [1.29, 1.82) is 0 Å². The molecule has 7 heterocycles. The summed E-state index contributed by atoms with van der Waals surface area (Å²) in [6.07, 6.45) is 0. The van der Waals surface area contributed by atoms with Crippen LogP contribution < -0.4 is 0 Å². The van der Waals surface area contributed by atoms with E-state index in [2.05, 4.69) is 311 Å². The Kier molecular flexibility index (Phi) is 11.1.